The highest BCUT2D eigenvalue weighted by atomic mass is 32.2. The largest absolute Gasteiger partial charge is 0.212 e. The van der Waals surface area contributed by atoms with Crippen molar-refractivity contribution < 1.29 is 8.42 Å². The first-order valence-corrected chi connectivity index (χ1v) is 7.53. The van der Waals surface area contributed by atoms with E-state index in [9.17, 15) is 8.42 Å². The van der Waals surface area contributed by atoms with Crippen LogP contribution in [0.1, 0.15) is 33.6 Å². The van der Waals surface area contributed by atoms with Crippen LogP contribution in [0.15, 0.2) is 0 Å². The second kappa shape index (κ2) is 3.20. The maximum Gasteiger partial charge on any atom is 0.211 e. The quantitative estimate of drug-likeness (QED) is 0.689. The number of hydrogen-bond acceptors (Lipinski definition) is 2. The molecule has 1 aliphatic heterocycles. The average Bonchev–Trinajstić information content (AvgIpc) is 2.55. The first-order chi connectivity index (χ1) is 6.71. The molecule has 0 N–H and O–H groups in total. The first-order valence-electron chi connectivity index (χ1n) is 5.68. The SMILES string of the molecule is CC(C)(C)C1C2CCC1N(S(C)(=O)=O)C2. The van der Waals surface area contributed by atoms with Crippen molar-refractivity contribution in [1.82, 2.24) is 4.31 Å². The lowest BCUT2D eigenvalue weighted by Gasteiger charge is -2.32. The van der Waals surface area contributed by atoms with E-state index in [0.29, 0.717) is 11.8 Å². The molecule has 2 fully saturated rings. The molecule has 1 heterocycles. The van der Waals surface area contributed by atoms with E-state index in [-0.39, 0.29) is 11.5 Å². The highest BCUT2D eigenvalue weighted by molar-refractivity contribution is 7.88. The molecule has 4 heteroatoms. The first kappa shape index (κ1) is 11.4. The normalized spacial score (nSPS) is 37.5. The lowest BCUT2D eigenvalue weighted by Crippen LogP contribution is -2.39. The Kier molecular flexibility index (Phi) is 2.43. The van der Waals surface area contributed by atoms with Crippen molar-refractivity contribution >= 4 is 10.0 Å². The van der Waals surface area contributed by atoms with Crippen LogP contribution in [0.2, 0.25) is 0 Å². The number of piperidine rings is 1. The Hall–Kier alpha value is -0.0900. The molecule has 0 radical (unpaired) electrons. The van der Waals surface area contributed by atoms with Gasteiger partial charge in [-0.1, -0.05) is 20.8 Å². The highest BCUT2D eigenvalue weighted by Gasteiger charge is 2.53. The maximum atomic E-state index is 11.6. The second-order valence-corrected chi connectivity index (χ2v) is 8.06. The standard InChI is InChI=1S/C11H21NO2S/c1-11(2,3)10-8-5-6-9(10)12(7-8)15(4,13)14/h8-10H,5-7H2,1-4H3. The van der Waals surface area contributed by atoms with Gasteiger partial charge in [0.2, 0.25) is 10.0 Å². The van der Waals surface area contributed by atoms with E-state index in [1.54, 1.807) is 4.31 Å². The molecule has 2 bridgehead atoms. The van der Waals surface area contributed by atoms with Crippen LogP contribution in [-0.2, 0) is 10.0 Å². The summed E-state index contributed by atoms with van der Waals surface area (Å²) in [4.78, 5) is 0. The summed E-state index contributed by atoms with van der Waals surface area (Å²) in [5, 5.41) is 0. The summed E-state index contributed by atoms with van der Waals surface area (Å²) in [6.45, 7) is 7.45. The Balaban J connectivity index is 2.28. The maximum absolute atomic E-state index is 11.6. The molecule has 88 valence electrons. The lowest BCUT2D eigenvalue weighted by atomic mass is 9.75. The zero-order chi connectivity index (χ0) is 11.4. The van der Waals surface area contributed by atoms with E-state index in [0.717, 1.165) is 13.0 Å². The van der Waals surface area contributed by atoms with Gasteiger partial charge in [0.25, 0.3) is 0 Å². The molecular weight excluding hydrogens is 210 g/mol. The van der Waals surface area contributed by atoms with Crippen LogP contribution in [0, 0.1) is 17.3 Å². The van der Waals surface area contributed by atoms with Gasteiger partial charge in [0.1, 0.15) is 0 Å². The van der Waals surface area contributed by atoms with Gasteiger partial charge in [0, 0.05) is 12.6 Å². The number of sulfonamides is 1. The minimum Gasteiger partial charge on any atom is -0.212 e. The number of nitrogens with zero attached hydrogens (tertiary/aromatic N) is 1. The van der Waals surface area contributed by atoms with Gasteiger partial charge in [-0.3, -0.25) is 0 Å². The fraction of sp³-hybridized carbons (Fsp3) is 1.00. The van der Waals surface area contributed by atoms with E-state index in [2.05, 4.69) is 20.8 Å². The summed E-state index contributed by atoms with van der Waals surface area (Å²) < 4.78 is 25.0. The summed E-state index contributed by atoms with van der Waals surface area (Å²) >= 11 is 0. The van der Waals surface area contributed by atoms with Gasteiger partial charge in [-0.05, 0) is 30.1 Å². The Morgan fingerprint density at radius 1 is 1.20 bits per heavy atom. The minimum atomic E-state index is -2.99. The van der Waals surface area contributed by atoms with Crippen molar-refractivity contribution in [3.63, 3.8) is 0 Å². The third-order valence-corrected chi connectivity index (χ3v) is 5.24. The molecule has 3 atom stereocenters. The molecule has 2 aliphatic rings. The van der Waals surface area contributed by atoms with Crippen LogP contribution in [0.5, 0.6) is 0 Å². The van der Waals surface area contributed by atoms with Crippen LogP contribution in [-0.4, -0.2) is 31.6 Å². The molecule has 0 amide bonds. The van der Waals surface area contributed by atoms with Gasteiger partial charge in [0.05, 0.1) is 6.26 Å². The van der Waals surface area contributed by atoms with Crippen molar-refractivity contribution in [1.29, 1.82) is 0 Å². The molecule has 15 heavy (non-hydrogen) atoms. The molecule has 1 saturated carbocycles. The van der Waals surface area contributed by atoms with Crippen molar-refractivity contribution in [2.75, 3.05) is 12.8 Å². The van der Waals surface area contributed by atoms with Crippen molar-refractivity contribution in [3.05, 3.63) is 0 Å². The van der Waals surface area contributed by atoms with E-state index in [4.69, 9.17) is 0 Å². The molecule has 0 aromatic carbocycles. The molecular formula is C11H21NO2S. The molecule has 0 aromatic rings. The van der Waals surface area contributed by atoms with Gasteiger partial charge in [-0.15, -0.1) is 0 Å². The third kappa shape index (κ3) is 1.82. The molecule has 1 saturated heterocycles. The van der Waals surface area contributed by atoms with Crippen LogP contribution in [0.3, 0.4) is 0 Å². The third-order valence-electron chi connectivity index (χ3n) is 3.97. The molecule has 0 aromatic heterocycles. The number of rotatable bonds is 1. The van der Waals surface area contributed by atoms with Crippen LogP contribution < -0.4 is 0 Å². The van der Waals surface area contributed by atoms with E-state index >= 15 is 0 Å². The Morgan fingerprint density at radius 3 is 2.13 bits per heavy atom. The smallest absolute Gasteiger partial charge is 0.211 e. The zero-order valence-corrected chi connectivity index (χ0v) is 10.8. The summed E-state index contributed by atoms with van der Waals surface area (Å²) in [7, 11) is -2.99. The Bertz CT molecular complexity index is 355. The predicted molar refractivity (Wildman–Crippen MR) is 61.0 cm³/mol. The van der Waals surface area contributed by atoms with Gasteiger partial charge in [-0.2, -0.15) is 4.31 Å². The number of fused-ring (bicyclic) bond motifs is 2. The summed E-state index contributed by atoms with van der Waals surface area (Å²) in [5.74, 6) is 1.14. The van der Waals surface area contributed by atoms with Crippen molar-refractivity contribution in [2.24, 2.45) is 17.3 Å². The van der Waals surface area contributed by atoms with Crippen LogP contribution in [0.25, 0.3) is 0 Å². The van der Waals surface area contributed by atoms with Crippen molar-refractivity contribution in [2.45, 2.75) is 39.7 Å². The Morgan fingerprint density at radius 2 is 1.80 bits per heavy atom. The van der Waals surface area contributed by atoms with Gasteiger partial charge in [0.15, 0.2) is 0 Å². The summed E-state index contributed by atoms with van der Waals surface area (Å²) in [5.41, 5.74) is 0.227. The van der Waals surface area contributed by atoms with E-state index in [1.807, 2.05) is 0 Å². The highest BCUT2D eigenvalue weighted by Crippen LogP contribution is 2.51. The van der Waals surface area contributed by atoms with E-state index in [1.165, 1.54) is 12.7 Å². The second-order valence-electron chi connectivity index (χ2n) is 6.13. The number of hydrogen-bond donors (Lipinski definition) is 0. The summed E-state index contributed by atoms with van der Waals surface area (Å²) in [6.07, 6.45) is 3.60. The zero-order valence-electron chi connectivity index (χ0n) is 10.0. The average molecular weight is 231 g/mol. The monoisotopic (exact) mass is 231 g/mol. The molecule has 2 rings (SSSR count). The summed E-state index contributed by atoms with van der Waals surface area (Å²) in [6, 6.07) is 0.269. The van der Waals surface area contributed by atoms with Crippen LogP contribution in [0.4, 0.5) is 0 Å². The van der Waals surface area contributed by atoms with Gasteiger partial charge < -0.3 is 0 Å². The van der Waals surface area contributed by atoms with Gasteiger partial charge in [-0.25, -0.2) is 8.42 Å². The fourth-order valence-electron chi connectivity index (χ4n) is 3.62. The van der Waals surface area contributed by atoms with Gasteiger partial charge >= 0.3 is 0 Å². The molecule has 3 nitrogen and oxygen atoms in total. The molecule has 0 spiro atoms. The van der Waals surface area contributed by atoms with Crippen molar-refractivity contribution in [3.8, 4) is 0 Å². The lowest BCUT2D eigenvalue weighted by molar-refractivity contribution is 0.197. The molecule has 1 aliphatic carbocycles. The Labute approximate surface area is 92.9 Å². The van der Waals surface area contributed by atoms with Crippen LogP contribution >= 0.6 is 0 Å². The minimum absolute atomic E-state index is 0.227. The predicted octanol–water partition coefficient (Wildman–Crippen LogP) is 1.70. The molecule has 3 unspecified atom stereocenters. The fourth-order valence-corrected chi connectivity index (χ4v) is 4.81. The topological polar surface area (TPSA) is 37.4 Å². The van der Waals surface area contributed by atoms with E-state index < -0.39 is 10.0 Å².